The van der Waals surface area contributed by atoms with Crippen molar-refractivity contribution in [3.8, 4) is 0 Å². The molecule has 0 heterocycles. The lowest BCUT2D eigenvalue weighted by Gasteiger charge is -2.72. The van der Waals surface area contributed by atoms with Crippen LogP contribution in [0.5, 0.6) is 0 Å². The van der Waals surface area contributed by atoms with E-state index < -0.39 is 11.4 Å². The molecule has 0 aromatic heterocycles. The maximum Gasteiger partial charge on any atom is 0.332 e. The summed E-state index contributed by atoms with van der Waals surface area (Å²) < 4.78 is 16.6. The summed E-state index contributed by atoms with van der Waals surface area (Å²) in [5, 5.41) is 10.6. The number of ether oxygens (including phenoxy) is 3. The Morgan fingerprint density at radius 2 is 1.59 bits per heavy atom. The molecule has 0 aliphatic heterocycles. The van der Waals surface area contributed by atoms with Crippen LogP contribution in [0.1, 0.15) is 106 Å². The van der Waals surface area contributed by atoms with Crippen LogP contribution in [0.4, 0.5) is 0 Å². The third-order valence-corrected chi connectivity index (χ3v) is 14.4. The predicted octanol–water partition coefficient (Wildman–Crippen LogP) is 7.30. The fourth-order valence-electron chi connectivity index (χ4n) is 12.2. The number of carbonyl (C=O) groups is 2. The molecule has 0 saturated heterocycles. The average Bonchev–Trinajstić information content (AvgIpc) is 3.30. The van der Waals surface area contributed by atoms with Gasteiger partial charge in [0.25, 0.3) is 0 Å². The SMILES string of the molecule is C=C(C)[C@@H]1CC[C@]2(C(=O)O)CC[C@]3(C)C(CCC4[C@@]5(C)CC[C@H](OC(=O)COCCOC)C(C)(C)C5CC[C@]43C)C12. The maximum absolute atomic E-state index is 12.9. The standard InChI is InChI=1S/C35H56O6/c1-22(2)23-11-16-35(30(37)38)18-17-33(6)24(29(23)35)9-10-26-32(5)14-13-27(41-28(36)21-40-20-19-39-8)31(3,4)25(32)12-15-34(26,33)7/h23-27,29H,1,9-21H2,2-8H3,(H,37,38)/t23-,24?,25?,26?,27-,29?,32-,33+,34+,35-/m0/s1. The molecule has 10 atom stereocenters. The van der Waals surface area contributed by atoms with Gasteiger partial charge in [-0.25, -0.2) is 4.79 Å². The van der Waals surface area contributed by atoms with E-state index >= 15 is 0 Å². The van der Waals surface area contributed by atoms with Crippen LogP contribution in [0.15, 0.2) is 12.2 Å². The number of methoxy groups -OCH3 is 1. The van der Waals surface area contributed by atoms with E-state index in [1.54, 1.807) is 7.11 Å². The topological polar surface area (TPSA) is 82.1 Å². The molecule has 0 aromatic rings. The molecule has 4 unspecified atom stereocenters. The summed E-state index contributed by atoms with van der Waals surface area (Å²) >= 11 is 0. The highest BCUT2D eigenvalue weighted by Gasteiger charge is 2.72. The molecule has 5 rings (SSSR count). The molecule has 5 fully saturated rings. The number of hydrogen-bond donors (Lipinski definition) is 1. The van der Waals surface area contributed by atoms with Crippen molar-refractivity contribution in [2.24, 2.45) is 56.7 Å². The molecule has 0 bridgehead atoms. The minimum atomic E-state index is -0.574. The number of carbonyl (C=O) groups excluding carboxylic acids is 1. The molecule has 5 aliphatic rings. The van der Waals surface area contributed by atoms with Gasteiger partial charge in [-0.1, -0.05) is 46.8 Å². The zero-order valence-corrected chi connectivity index (χ0v) is 26.9. The second-order valence-electron chi connectivity index (χ2n) is 16.0. The minimum absolute atomic E-state index is 0.0253. The molecule has 41 heavy (non-hydrogen) atoms. The molecule has 6 heteroatoms. The zero-order valence-electron chi connectivity index (χ0n) is 26.9. The van der Waals surface area contributed by atoms with Crippen molar-refractivity contribution in [1.82, 2.24) is 0 Å². The first-order valence-electron chi connectivity index (χ1n) is 16.3. The summed E-state index contributed by atoms with van der Waals surface area (Å²) in [6.07, 6.45) is 10.1. The Labute approximate surface area is 248 Å². The normalized spacial score (nSPS) is 46.4. The Kier molecular flexibility index (Phi) is 8.06. The summed E-state index contributed by atoms with van der Waals surface area (Å²) in [4.78, 5) is 25.6. The van der Waals surface area contributed by atoms with Crippen molar-refractivity contribution in [3.63, 3.8) is 0 Å². The Morgan fingerprint density at radius 1 is 0.854 bits per heavy atom. The van der Waals surface area contributed by atoms with Crippen LogP contribution in [0, 0.1) is 56.7 Å². The predicted molar refractivity (Wildman–Crippen MR) is 159 cm³/mol. The van der Waals surface area contributed by atoms with Crippen molar-refractivity contribution >= 4 is 11.9 Å². The van der Waals surface area contributed by atoms with Crippen molar-refractivity contribution in [1.29, 1.82) is 0 Å². The first-order valence-corrected chi connectivity index (χ1v) is 16.3. The van der Waals surface area contributed by atoms with Gasteiger partial charge in [0.05, 0.1) is 18.6 Å². The number of rotatable bonds is 8. The van der Waals surface area contributed by atoms with Crippen LogP contribution in [0.3, 0.4) is 0 Å². The molecular formula is C35H56O6. The monoisotopic (exact) mass is 572 g/mol. The number of allylic oxidation sites excluding steroid dienone is 1. The molecular weight excluding hydrogens is 516 g/mol. The highest BCUT2D eigenvalue weighted by atomic mass is 16.6. The van der Waals surface area contributed by atoms with Gasteiger partial charge in [0.1, 0.15) is 12.7 Å². The van der Waals surface area contributed by atoms with Gasteiger partial charge in [-0.2, -0.15) is 0 Å². The van der Waals surface area contributed by atoms with E-state index in [0.29, 0.717) is 36.9 Å². The quantitative estimate of drug-likeness (QED) is 0.187. The van der Waals surface area contributed by atoms with Crippen LogP contribution >= 0.6 is 0 Å². The summed E-state index contributed by atoms with van der Waals surface area (Å²) in [7, 11) is 1.62. The molecule has 0 amide bonds. The van der Waals surface area contributed by atoms with Crippen LogP contribution in [-0.2, 0) is 23.8 Å². The van der Waals surface area contributed by atoms with E-state index in [-0.39, 0.29) is 46.3 Å². The van der Waals surface area contributed by atoms with Gasteiger partial charge in [-0.3, -0.25) is 4.79 Å². The van der Waals surface area contributed by atoms with E-state index in [0.717, 1.165) is 51.4 Å². The summed E-state index contributed by atoms with van der Waals surface area (Å²) in [6, 6.07) is 0. The number of fused-ring (bicyclic) bond motifs is 7. The van der Waals surface area contributed by atoms with Gasteiger partial charge in [0, 0.05) is 12.5 Å². The van der Waals surface area contributed by atoms with Crippen LogP contribution in [0.2, 0.25) is 0 Å². The largest absolute Gasteiger partial charge is 0.481 e. The van der Waals surface area contributed by atoms with Gasteiger partial charge in [-0.15, -0.1) is 0 Å². The van der Waals surface area contributed by atoms with Gasteiger partial charge >= 0.3 is 11.9 Å². The van der Waals surface area contributed by atoms with Crippen molar-refractivity contribution in [2.45, 2.75) is 112 Å². The number of carboxylic acids is 1. The number of aliphatic carboxylic acids is 1. The van der Waals surface area contributed by atoms with E-state index in [1.807, 2.05) is 0 Å². The van der Waals surface area contributed by atoms with Crippen LogP contribution in [-0.4, -0.2) is 50.1 Å². The Hall–Kier alpha value is -1.40. The molecule has 6 nitrogen and oxygen atoms in total. The van der Waals surface area contributed by atoms with Gasteiger partial charge in [-0.05, 0) is 117 Å². The fourth-order valence-corrected chi connectivity index (χ4v) is 12.2. The molecule has 0 radical (unpaired) electrons. The molecule has 1 N–H and O–H groups in total. The Balaban J connectivity index is 1.39. The van der Waals surface area contributed by atoms with Gasteiger partial charge in [0.2, 0.25) is 0 Å². The van der Waals surface area contributed by atoms with Gasteiger partial charge in [0.15, 0.2) is 0 Å². The van der Waals surface area contributed by atoms with Gasteiger partial charge < -0.3 is 19.3 Å². The smallest absolute Gasteiger partial charge is 0.332 e. The Bertz CT molecular complexity index is 1050. The average molecular weight is 573 g/mol. The van der Waals surface area contributed by atoms with E-state index in [1.165, 1.54) is 18.4 Å². The van der Waals surface area contributed by atoms with E-state index in [2.05, 4.69) is 48.1 Å². The van der Waals surface area contributed by atoms with Crippen molar-refractivity contribution in [2.75, 3.05) is 26.9 Å². The zero-order chi connectivity index (χ0) is 30.0. The maximum atomic E-state index is 12.9. The highest BCUT2D eigenvalue weighted by molar-refractivity contribution is 5.76. The van der Waals surface area contributed by atoms with E-state index in [9.17, 15) is 14.7 Å². The lowest BCUT2D eigenvalue weighted by Crippen LogP contribution is -2.67. The lowest BCUT2D eigenvalue weighted by atomic mass is 9.32. The highest BCUT2D eigenvalue weighted by Crippen LogP contribution is 2.77. The number of hydrogen-bond acceptors (Lipinski definition) is 5. The van der Waals surface area contributed by atoms with Crippen molar-refractivity contribution in [3.05, 3.63) is 12.2 Å². The third-order valence-electron chi connectivity index (χ3n) is 14.4. The minimum Gasteiger partial charge on any atom is -0.481 e. The molecule has 232 valence electrons. The third kappa shape index (κ3) is 4.47. The van der Waals surface area contributed by atoms with E-state index in [4.69, 9.17) is 14.2 Å². The summed E-state index contributed by atoms with van der Waals surface area (Å²) in [6.45, 7) is 19.7. The lowest BCUT2D eigenvalue weighted by molar-refractivity contribution is -0.250. The Morgan fingerprint density at radius 3 is 2.24 bits per heavy atom. The molecule has 0 aromatic carbocycles. The van der Waals surface area contributed by atoms with Crippen LogP contribution in [0.25, 0.3) is 0 Å². The molecule has 0 spiro atoms. The summed E-state index contributed by atoms with van der Waals surface area (Å²) in [5.41, 5.74) is 0.962. The molecule has 5 aliphatic carbocycles. The van der Waals surface area contributed by atoms with Crippen LogP contribution < -0.4 is 0 Å². The second-order valence-corrected chi connectivity index (χ2v) is 16.0. The molecule has 5 saturated carbocycles. The fraction of sp³-hybridized carbons (Fsp3) is 0.886. The number of carboxylic acid groups (broad SMARTS) is 1. The number of esters is 1. The van der Waals surface area contributed by atoms with Crippen molar-refractivity contribution < 1.29 is 28.9 Å². The second kappa shape index (κ2) is 10.6. The summed E-state index contributed by atoms with van der Waals surface area (Å²) in [5.74, 6) is 1.19. The first kappa shape index (κ1) is 31.0. The first-order chi connectivity index (χ1) is 19.2.